The van der Waals surface area contributed by atoms with Gasteiger partial charge in [0.25, 0.3) is 11.8 Å². The number of hydrogen-bond donors (Lipinski definition) is 2. The van der Waals surface area contributed by atoms with Gasteiger partial charge in [0.15, 0.2) is 6.10 Å². The third-order valence-corrected chi connectivity index (χ3v) is 4.71. The largest absolute Gasteiger partial charge is 0.497 e. The Bertz CT molecular complexity index is 1080. The molecule has 31 heavy (non-hydrogen) atoms. The molecule has 3 rings (SSSR count). The van der Waals surface area contributed by atoms with E-state index in [1.807, 2.05) is 42.5 Å². The van der Waals surface area contributed by atoms with E-state index in [4.69, 9.17) is 9.47 Å². The van der Waals surface area contributed by atoms with Crippen molar-refractivity contribution in [1.82, 2.24) is 10.6 Å². The van der Waals surface area contributed by atoms with Gasteiger partial charge in [-0.15, -0.1) is 0 Å². The Balaban J connectivity index is 1.44. The highest BCUT2D eigenvalue weighted by atomic mass is 16.5. The van der Waals surface area contributed by atoms with Crippen LogP contribution < -0.4 is 15.4 Å². The molecule has 0 aliphatic heterocycles. The van der Waals surface area contributed by atoms with Crippen LogP contribution >= 0.6 is 0 Å². The van der Waals surface area contributed by atoms with Gasteiger partial charge < -0.3 is 20.1 Å². The number of fused-ring (bicyclic) bond motifs is 1. The second-order valence-electron chi connectivity index (χ2n) is 6.94. The van der Waals surface area contributed by atoms with E-state index in [1.54, 1.807) is 31.4 Å². The third kappa shape index (κ3) is 6.05. The highest BCUT2D eigenvalue weighted by Crippen LogP contribution is 2.15. The Morgan fingerprint density at radius 1 is 0.903 bits per heavy atom. The maximum absolute atomic E-state index is 12.3. The standard InChI is InChI=1S/C24H24N2O5/c1-16(23(28)25-14-17-7-11-21(30-2)12-8-17)31-22(27)15-26-24(29)20-10-9-18-5-3-4-6-19(18)13-20/h3-13,16H,14-15H2,1-2H3,(H,25,28)(H,26,29)/t16-/m1/s1. The van der Waals surface area contributed by atoms with Crippen molar-refractivity contribution < 1.29 is 23.9 Å². The highest BCUT2D eigenvalue weighted by molar-refractivity contribution is 5.99. The Morgan fingerprint density at radius 3 is 2.32 bits per heavy atom. The van der Waals surface area contributed by atoms with E-state index in [0.717, 1.165) is 22.1 Å². The minimum Gasteiger partial charge on any atom is -0.497 e. The topological polar surface area (TPSA) is 93.7 Å². The van der Waals surface area contributed by atoms with E-state index in [0.29, 0.717) is 12.1 Å². The molecule has 0 unspecified atom stereocenters. The number of esters is 1. The van der Waals surface area contributed by atoms with Gasteiger partial charge in [-0.3, -0.25) is 14.4 Å². The fourth-order valence-corrected chi connectivity index (χ4v) is 2.95. The first-order valence-electron chi connectivity index (χ1n) is 9.83. The van der Waals surface area contributed by atoms with Crippen molar-refractivity contribution in [2.75, 3.05) is 13.7 Å². The Hall–Kier alpha value is -3.87. The van der Waals surface area contributed by atoms with Crippen LogP contribution in [0.3, 0.4) is 0 Å². The third-order valence-electron chi connectivity index (χ3n) is 4.71. The number of carbonyl (C=O) groups excluding carboxylic acids is 3. The molecule has 0 saturated carbocycles. The molecule has 7 heteroatoms. The zero-order valence-corrected chi connectivity index (χ0v) is 17.4. The predicted octanol–water partition coefficient (Wildman–Crippen LogP) is 2.83. The van der Waals surface area contributed by atoms with Crippen molar-refractivity contribution in [2.24, 2.45) is 0 Å². The number of ether oxygens (including phenoxy) is 2. The molecular formula is C24H24N2O5. The van der Waals surface area contributed by atoms with Crippen LogP contribution in [0, 0.1) is 0 Å². The maximum atomic E-state index is 12.3. The zero-order chi connectivity index (χ0) is 22.2. The molecule has 0 saturated heterocycles. The Labute approximate surface area is 180 Å². The van der Waals surface area contributed by atoms with E-state index in [1.165, 1.54) is 6.92 Å². The fourth-order valence-electron chi connectivity index (χ4n) is 2.95. The second kappa shape index (κ2) is 10.2. The number of hydrogen-bond acceptors (Lipinski definition) is 5. The smallest absolute Gasteiger partial charge is 0.326 e. The zero-order valence-electron chi connectivity index (χ0n) is 17.4. The molecule has 0 heterocycles. The average molecular weight is 420 g/mol. The Kier molecular flexibility index (Phi) is 7.22. The summed E-state index contributed by atoms with van der Waals surface area (Å²) in [6, 6.07) is 20.2. The molecule has 1 atom stereocenters. The summed E-state index contributed by atoms with van der Waals surface area (Å²) in [4.78, 5) is 36.5. The molecule has 3 aromatic carbocycles. The van der Waals surface area contributed by atoms with Crippen LogP contribution in [0.25, 0.3) is 10.8 Å². The van der Waals surface area contributed by atoms with Crippen LogP contribution in [0.1, 0.15) is 22.8 Å². The van der Waals surface area contributed by atoms with Crippen LogP contribution in [0.4, 0.5) is 0 Å². The predicted molar refractivity (Wildman–Crippen MR) is 117 cm³/mol. The molecule has 160 valence electrons. The summed E-state index contributed by atoms with van der Waals surface area (Å²) in [5.41, 5.74) is 1.33. The van der Waals surface area contributed by atoms with Crippen molar-refractivity contribution in [1.29, 1.82) is 0 Å². The summed E-state index contributed by atoms with van der Waals surface area (Å²) in [7, 11) is 1.58. The molecule has 0 fully saturated rings. The monoisotopic (exact) mass is 420 g/mol. The number of amides is 2. The Morgan fingerprint density at radius 2 is 1.61 bits per heavy atom. The number of rotatable bonds is 8. The van der Waals surface area contributed by atoms with Gasteiger partial charge in [0.2, 0.25) is 0 Å². The normalized spacial score (nSPS) is 11.4. The molecule has 0 aliphatic carbocycles. The first-order chi connectivity index (χ1) is 15.0. The molecular weight excluding hydrogens is 396 g/mol. The van der Waals surface area contributed by atoms with Crippen molar-refractivity contribution in [3.05, 3.63) is 77.9 Å². The minimum absolute atomic E-state index is 0.295. The van der Waals surface area contributed by atoms with Gasteiger partial charge in [-0.1, -0.05) is 42.5 Å². The van der Waals surface area contributed by atoms with Gasteiger partial charge in [0.1, 0.15) is 12.3 Å². The first kappa shape index (κ1) is 21.8. The lowest BCUT2D eigenvalue weighted by Gasteiger charge is -2.14. The lowest BCUT2D eigenvalue weighted by atomic mass is 10.1. The van der Waals surface area contributed by atoms with Gasteiger partial charge in [-0.25, -0.2) is 0 Å². The summed E-state index contributed by atoms with van der Waals surface area (Å²) in [5.74, 6) is -0.784. The van der Waals surface area contributed by atoms with E-state index in [9.17, 15) is 14.4 Å². The number of carbonyl (C=O) groups is 3. The van der Waals surface area contributed by atoms with Gasteiger partial charge in [-0.05, 0) is 47.5 Å². The summed E-state index contributed by atoms with van der Waals surface area (Å²) in [5, 5.41) is 7.18. The van der Waals surface area contributed by atoms with Gasteiger partial charge in [-0.2, -0.15) is 0 Å². The van der Waals surface area contributed by atoms with E-state index < -0.39 is 18.0 Å². The average Bonchev–Trinajstić information content (AvgIpc) is 2.80. The van der Waals surface area contributed by atoms with Gasteiger partial charge >= 0.3 is 5.97 Å². The number of benzene rings is 3. The summed E-state index contributed by atoms with van der Waals surface area (Å²) < 4.78 is 10.2. The van der Waals surface area contributed by atoms with Crippen LogP contribution in [0.15, 0.2) is 66.7 Å². The molecule has 0 radical (unpaired) electrons. The molecule has 3 aromatic rings. The molecule has 2 N–H and O–H groups in total. The molecule has 0 bridgehead atoms. The van der Waals surface area contributed by atoms with Crippen LogP contribution in [-0.4, -0.2) is 37.5 Å². The molecule has 7 nitrogen and oxygen atoms in total. The minimum atomic E-state index is -0.983. The van der Waals surface area contributed by atoms with Crippen LogP contribution in [-0.2, 0) is 20.9 Å². The van der Waals surface area contributed by atoms with Crippen molar-refractivity contribution >= 4 is 28.6 Å². The van der Waals surface area contributed by atoms with Crippen LogP contribution in [0.5, 0.6) is 5.75 Å². The number of methoxy groups -OCH3 is 1. The quantitative estimate of drug-likeness (QED) is 0.547. The van der Waals surface area contributed by atoms with Gasteiger partial charge in [0, 0.05) is 12.1 Å². The van der Waals surface area contributed by atoms with E-state index in [-0.39, 0.29) is 12.5 Å². The summed E-state index contributed by atoms with van der Waals surface area (Å²) in [6.07, 6.45) is -0.983. The van der Waals surface area contributed by atoms with Crippen molar-refractivity contribution in [3.63, 3.8) is 0 Å². The number of nitrogens with one attached hydrogen (secondary N) is 2. The lowest BCUT2D eigenvalue weighted by molar-refractivity contribution is -0.153. The van der Waals surface area contributed by atoms with E-state index in [2.05, 4.69) is 10.6 Å². The van der Waals surface area contributed by atoms with E-state index >= 15 is 0 Å². The summed E-state index contributed by atoms with van der Waals surface area (Å²) in [6.45, 7) is 1.44. The molecule has 0 spiro atoms. The fraction of sp³-hybridized carbons (Fsp3) is 0.208. The maximum Gasteiger partial charge on any atom is 0.326 e. The SMILES string of the molecule is COc1ccc(CNC(=O)[C@@H](C)OC(=O)CNC(=O)c2ccc3ccccc3c2)cc1. The highest BCUT2D eigenvalue weighted by Gasteiger charge is 2.18. The molecule has 0 aromatic heterocycles. The summed E-state index contributed by atoms with van der Waals surface area (Å²) >= 11 is 0. The second-order valence-corrected chi connectivity index (χ2v) is 6.94. The van der Waals surface area contributed by atoms with Gasteiger partial charge in [0.05, 0.1) is 7.11 Å². The van der Waals surface area contributed by atoms with Crippen molar-refractivity contribution in [3.8, 4) is 5.75 Å². The van der Waals surface area contributed by atoms with Crippen molar-refractivity contribution in [2.45, 2.75) is 19.6 Å². The van der Waals surface area contributed by atoms with Crippen LogP contribution in [0.2, 0.25) is 0 Å². The molecule has 0 aliphatic rings. The molecule has 2 amide bonds. The first-order valence-corrected chi connectivity index (χ1v) is 9.83. The lowest BCUT2D eigenvalue weighted by Crippen LogP contribution is -2.38.